The predicted molar refractivity (Wildman–Crippen MR) is 35.1 cm³/mol. The van der Waals surface area contributed by atoms with Gasteiger partial charge in [-0.3, -0.25) is 0 Å². The lowest BCUT2D eigenvalue weighted by Crippen LogP contribution is -2.43. The maximum atomic E-state index is 12.2. The Bertz CT molecular complexity index is 372. The van der Waals surface area contributed by atoms with Crippen LogP contribution in [0.5, 0.6) is 0 Å². The molecule has 0 saturated carbocycles. The van der Waals surface area contributed by atoms with Crippen molar-refractivity contribution in [2.75, 3.05) is 0 Å². The second-order valence-corrected chi connectivity index (χ2v) is 4.28. The highest BCUT2D eigenvalue weighted by molar-refractivity contribution is 7.95. The summed E-state index contributed by atoms with van der Waals surface area (Å²) in [5.41, 5.74) is 0. The van der Waals surface area contributed by atoms with E-state index >= 15 is 0 Å². The van der Waals surface area contributed by atoms with E-state index in [1.807, 2.05) is 0 Å². The molecular formula is C5H2F8O2S. The first-order valence-corrected chi connectivity index (χ1v) is 4.70. The Labute approximate surface area is 83.5 Å². The van der Waals surface area contributed by atoms with Crippen LogP contribution in [-0.4, -0.2) is 26.0 Å². The summed E-state index contributed by atoms with van der Waals surface area (Å²) in [5.74, 6) is 0. The van der Waals surface area contributed by atoms with Crippen LogP contribution in [-0.2, 0) is 9.84 Å². The van der Waals surface area contributed by atoms with Crippen molar-refractivity contribution in [3.63, 3.8) is 0 Å². The zero-order chi connectivity index (χ0) is 13.4. The minimum absolute atomic E-state index is 1.22. The van der Waals surface area contributed by atoms with Crippen molar-refractivity contribution in [3.8, 4) is 0 Å². The Morgan fingerprint density at radius 1 is 0.812 bits per heavy atom. The van der Waals surface area contributed by atoms with Crippen LogP contribution in [0.4, 0.5) is 35.1 Å². The predicted octanol–water partition coefficient (Wildman–Crippen LogP) is 2.63. The molecular weight excluding hydrogens is 276 g/mol. The summed E-state index contributed by atoms with van der Waals surface area (Å²) < 4.78 is 114. The van der Waals surface area contributed by atoms with Gasteiger partial charge in [0.25, 0.3) is 0 Å². The topological polar surface area (TPSA) is 34.1 Å². The summed E-state index contributed by atoms with van der Waals surface area (Å²) in [6.45, 7) is 0. The Morgan fingerprint density at radius 2 is 1.19 bits per heavy atom. The molecule has 0 unspecified atom stereocenters. The average Bonchev–Trinajstić information content (AvgIpc) is 1.97. The van der Waals surface area contributed by atoms with Crippen LogP contribution in [0.15, 0.2) is 11.5 Å². The van der Waals surface area contributed by atoms with Crippen LogP contribution in [0, 0.1) is 0 Å². The Kier molecular flexibility index (Phi) is 3.65. The molecule has 0 bridgehead atoms. The standard InChI is InChI=1S/C5H2F8O2S/c6-3(7,8)1-2-16(14,15)5(12,13)4(9,10)11/h1-2H/b2-1+. The van der Waals surface area contributed by atoms with Gasteiger partial charge in [0.15, 0.2) is 0 Å². The van der Waals surface area contributed by atoms with Crippen LogP contribution in [0.1, 0.15) is 0 Å². The van der Waals surface area contributed by atoms with Crippen molar-refractivity contribution < 1.29 is 43.5 Å². The SMILES string of the molecule is O=S(=O)(/C=C/C(F)(F)F)C(F)(F)C(F)(F)F. The number of rotatable bonds is 2. The molecule has 0 aromatic heterocycles. The van der Waals surface area contributed by atoms with E-state index in [0.29, 0.717) is 0 Å². The van der Waals surface area contributed by atoms with Gasteiger partial charge >= 0.3 is 17.6 Å². The summed E-state index contributed by atoms with van der Waals surface area (Å²) >= 11 is 0. The number of hydrogen-bond acceptors (Lipinski definition) is 2. The highest BCUT2D eigenvalue weighted by atomic mass is 32.2. The second-order valence-electron chi connectivity index (χ2n) is 2.40. The lowest BCUT2D eigenvalue weighted by Gasteiger charge is -2.17. The molecule has 0 atom stereocenters. The van der Waals surface area contributed by atoms with E-state index < -0.39 is 38.9 Å². The lowest BCUT2D eigenvalue weighted by atomic mass is 10.6. The molecule has 0 radical (unpaired) electrons. The van der Waals surface area contributed by atoms with Crippen LogP contribution >= 0.6 is 0 Å². The van der Waals surface area contributed by atoms with Crippen molar-refractivity contribution in [2.45, 2.75) is 17.6 Å². The maximum Gasteiger partial charge on any atom is 0.469 e. The van der Waals surface area contributed by atoms with E-state index in [1.54, 1.807) is 0 Å². The fourth-order valence-electron chi connectivity index (χ4n) is 0.413. The molecule has 0 aliphatic carbocycles. The normalized spacial score (nSPS) is 15.8. The molecule has 16 heavy (non-hydrogen) atoms. The number of allylic oxidation sites excluding steroid dienone is 1. The highest BCUT2D eigenvalue weighted by Crippen LogP contribution is 2.40. The van der Waals surface area contributed by atoms with Gasteiger partial charge in [-0.05, 0) is 0 Å². The third-order valence-electron chi connectivity index (χ3n) is 1.12. The van der Waals surface area contributed by atoms with Crippen molar-refractivity contribution in [2.24, 2.45) is 0 Å². The second kappa shape index (κ2) is 3.86. The van der Waals surface area contributed by atoms with E-state index in [4.69, 9.17) is 0 Å². The van der Waals surface area contributed by atoms with Crippen molar-refractivity contribution in [1.29, 1.82) is 0 Å². The van der Waals surface area contributed by atoms with Crippen molar-refractivity contribution >= 4 is 9.84 Å². The molecule has 0 aliphatic heterocycles. The number of alkyl halides is 8. The molecule has 0 aromatic rings. The molecule has 0 rings (SSSR count). The smallest absolute Gasteiger partial charge is 0.218 e. The zero-order valence-corrected chi connectivity index (χ0v) is 7.72. The molecule has 0 amide bonds. The van der Waals surface area contributed by atoms with Crippen molar-refractivity contribution in [1.82, 2.24) is 0 Å². The third kappa shape index (κ3) is 3.32. The van der Waals surface area contributed by atoms with E-state index in [1.165, 1.54) is 0 Å². The quantitative estimate of drug-likeness (QED) is 0.728. The zero-order valence-electron chi connectivity index (χ0n) is 6.90. The fraction of sp³-hybridized carbons (Fsp3) is 0.600. The summed E-state index contributed by atoms with van der Waals surface area (Å²) in [4.78, 5) is 0. The summed E-state index contributed by atoms with van der Waals surface area (Å²) in [6.07, 6.45) is -13.0. The molecule has 0 spiro atoms. The minimum atomic E-state index is -6.48. The molecule has 0 saturated heterocycles. The van der Waals surface area contributed by atoms with Gasteiger partial charge in [-0.25, -0.2) is 8.42 Å². The summed E-state index contributed by atoms with van der Waals surface area (Å²) in [7, 11) is -6.41. The van der Waals surface area contributed by atoms with Crippen molar-refractivity contribution in [3.05, 3.63) is 11.5 Å². The van der Waals surface area contributed by atoms with Crippen LogP contribution in [0.2, 0.25) is 0 Å². The number of sulfone groups is 1. The minimum Gasteiger partial charge on any atom is -0.218 e. The molecule has 0 aliphatic rings. The van der Waals surface area contributed by atoms with Gasteiger partial charge in [0.05, 0.1) is 0 Å². The first kappa shape index (κ1) is 15.1. The molecule has 2 nitrogen and oxygen atoms in total. The molecule has 0 heterocycles. The van der Waals surface area contributed by atoms with E-state index in [9.17, 15) is 43.5 Å². The maximum absolute atomic E-state index is 12.2. The molecule has 11 heteroatoms. The molecule has 0 N–H and O–H groups in total. The third-order valence-corrected chi connectivity index (χ3v) is 2.56. The largest absolute Gasteiger partial charge is 0.469 e. The van der Waals surface area contributed by atoms with E-state index in [0.717, 1.165) is 0 Å². The number of hydrogen-bond donors (Lipinski definition) is 0. The van der Waals surface area contributed by atoms with Crippen LogP contribution in [0.25, 0.3) is 0 Å². The van der Waals surface area contributed by atoms with E-state index in [-0.39, 0.29) is 0 Å². The lowest BCUT2D eigenvalue weighted by molar-refractivity contribution is -0.240. The molecule has 96 valence electrons. The monoisotopic (exact) mass is 278 g/mol. The summed E-state index contributed by atoms with van der Waals surface area (Å²) in [5, 5.41) is -7.48. The Morgan fingerprint density at radius 3 is 1.44 bits per heavy atom. The first-order valence-electron chi connectivity index (χ1n) is 3.16. The molecule has 0 aromatic carbocycles. The van der Waals surface area contributed by atoms with Gasteiger partial charge in [-0.2, -0.15) is 35.1 Å². The van der Waals surface area contributed by atoms with Gasteiger partial charge in [0.1, 0.15) is 0 Å². The van der Waals surface area contributed by atoms with E-state index in [2.05, 4.69) is 0 Å². The first-order chi connectivity index (χ1) is 6.71. The van der Waals surface area contributed by atoms with Gasteiger partial charge in [-0.1, -0.05) is 0 Å². The molecule has 0 fully saturated rings. The van der Waals surface area contributed by atoms with Crippen LogP contribution < -0.4 is 0 Å². The summed E-state index contributed by atoms with van der Waals surface area (Å²) in [6, 6.07) is 0. The number of halogens is 8. The Hall–Kier alpha value is -0.870. The van der Waals surface area contributed by atoms with Gasteiger partial charge in [-0.15, -0.1) is 0 Å². The fourth-order valence-corrected chi connectivity index (χ4v) is 1.24. The Balaban J connectivity index is 5.34. The van der Waals surface area contributed by atoms with Gasteiger partial charge < -0.3 is 0 Å². The van der Waals surface area contributed by atoms with Crippen LogP contribution in [0.3, 0.4) is 0 Å². The van der Waals surface area contributed by atoms with Gasteiger partial charge in [0.2, 0.25) is 9.84 Å². The highest BCUT2D eigenvalue weighted by Gasteiger charge is 2.66. The average molecular weight is 278 g/mol. The van der Waals surface area contributed by atoms with Gasteiger partial charge in [0, 0.05) is 11.5 Å².